The molecule has 1 aliphatic heterocycles. The maximum absolute atomic E-state index is 11.1. The molecule has 0 fully saturated rings. The molecule has 2 aromatic carbocycles. The van der Waals surface area contributed by atoms with Crippen molar-refractivity contribution in [2.75, 3.05) is 11.4 Å². The number of fused-ring (bicyclic) bond motifs is 1. The lowest BCUT2D eigenvalue weighted by Crippen LogP contribution is -2.19. The normalized spacial score (nSPS) is 18.5. The molecule has 0 aliphatic carbocycles. The monoisotopic (exact) mass is 291 g/mol. The van der Waals surface area contributed by atoms with Gasteiger partial charge in [0, 0.05) is 23.8 Å². The first-order chi connectivity index (χ1) is 10.8. The van der Waals surface area contributed by atoms with Gasteiger partial charge < -0.3 is 4.90 Å². The second-order valence-corrected chi connectivity index (χ2v) is 5.61. The van der Waals surface area contributed by atoms with Crippen LogP contribution in [0.4, 0.5) is 5.69 Å². The van der Waals surface area contributed by atoms with E-state index < -0.39 is 0 Å². The van der Waals surface area contributed by atoms with Gasteiger partial charge in [0.25, 0.3) is 0 Å². The van der Waals surface area contributed by atoms with Crippen molar-refractivity contribution in [1.29, 1.82) is 0 Å². The van der Waals surface area contributed by atoms with Gasteiger partial charge >= 0.3 is 0 Å². The maximum atomic E-state index is 11.1. The summed E-state index contributed by atoms with van der Waals surface area (Å²) in [5.74, 6) is 0.307. The summed E-state index contributed by atoms with van der Waals surface area (Å²) in [6.45, 7) is 3.02. The Morgan fingerprint density at radius 2 is 1.77 bits per heavy atom. The van der Waals surface area contributed by atoms with E-state index >= 15 is 0 Å². The van der Waals surface area contributed by atoms with E-state index in [4.69, 9.17) is 0 Å². The third-order valence-corrected chi connectivity index (χ3v) is 4.39. The number of carbonyl (C=O) groups excluding carboxylic acids is 1. The van der Waals surface area contributed by atoms with E-state index in [1.807, 2.05) is 6.07 Å². The van der Waals surface area contributed by atoms with Crippen LogP contribution in [0.3, 0.4) is 0 Å². The van der Waals surface area contributed by atoms with E-state index in [-0.39, 0.29) is 0 Å². The first kappa shape index (κ1) is 14.6. The summed E-state index contributed by atoms with van der Waals surface area (Å²) in [4.78, 5) is 13.4. The molecule has 0 amide bonds. The number of benzene rings is 2. The highest BCUT2D eigenvalue weighted by Gasteiger charge is 2.31. The minimum absolute atomic E-state index is 0.307. The molecular formula is C20H21NO. The van der Waals surface area contributed by atoms with Gasteiger partial charge in [0.15, 0.2) is 0 Å². The Morgan fingerprint density at radius 3 is 2.50 bits per heavy atom. The number of nitrogens with zero attached hydrogens (tertiary/aromatic N) is 1. The van der Waals surface area contributed by atoms with Crippen LogP contribution in [0.5, 0.6) is 0 Å². The highest BCUT2D eigenvalue weighted by molar-refractivity contribution is 5.75. The fraction of sp³-hybridized carbons (Fsp3) is 0.250. The van der Waals surface area contributed by atoms with Gasteiger partial charge in [0.1, 0.15) is 6.29 Å². The summed E-state index contributed by atoms with van der Waals surface area (Å²) in [7, 11) is 0. The highest BCUT2D eigenvalue weighted by atomic mass is 16.1. The Balaban J connectivity index is 1.90. The molecule has 0 spiro atoms. The number of aldehydes is 1. The zero-order valence-electron chi connectivity index (χ0n) is 12.9. The molecule has 112 valence electrons. The van der Waals surface area contributed by atoms with Crippen LogP contribution in [-0.2, 0) is 11.2 Å². The van der Waals surface area contributed by atoms with Crippen molar-refractivity contribution in [1.82, 2.24) is 0 Å². The van der Waals surface area contributed by atoms with Crippen LogP contribution < -0.4 is 4.90 Å². The average Bonchev–Trinajstić information content (AvgIpc) is 2.87. The molecule has 2 heteroatoms. The number of allylic oxidation sites excluding steroid dienone is 2. The van der Waals surface area contributed by atoms with Gasteiger partial charge in [-0.25, -0.2) is 0 Å². The van der Waals surface area contributed by atoms with Gasteiger partial charge in [-0.2, -0.15) is 0 Å². The van der Waals surface area contributed by atoms with E-state index in [0.717, 1.165) is 31.4 Å². The van der Waals surface area contributed by atoms with Crippen molar-refractivity contribution in [3.63, 3.8) is 0 Å². The molecule has 2 aromatic rings. The second kappa shape index (κ2) is 6.61. The zero-order chi connectivity index (χ0) is 15.4. The summed E-state index contributed by atoms with van der Waals surface area (Å²) in [6, 6.07) is 19.1. The molecule has 1 atom stereocenters. The molecule has 0 bridgehead atoms. The molecule has 1 aliphatic rings. The van der Waals surface area contributed by atoms with Gasteiger partial charge in [0.2, 0.25) is 0 Å². The van der Waals surface area contributed by atoms with Gasteiger partial charge in [-0.3, -0.25) is 4.79 Å². The lowest BCUT2D eigenvalue weighted by Gasteiger charge is -2.21. The van der Waals surface area contributed by atoms with E-state index in [9.17, 15) is 4.79 Å². The maximum Gasteiger partial charge on any atom is 0.144 e. The summed E-state index contributed by atoms with van der Waals surface area (Å²) in [5, 5.41) is 0. The number of para-hydroxylation sites is 1. The van der Waals surface area contributed by atoms with Crippen LogP contribution in [-0.4, -0.2) is 12.8 Å². The minimum Gasteiger partial charge on any atom is -0.344 e. The standard InChI is InChI=1S/C20H21NO/c1-2-21-19-11-7-6-10-17(19)18(20(21)14-15-22)13-12-16-8-4-3-5-9-16/h3-11,14-15,18H,2,12-13H2,1H3/b20-14-. The lowest BCUT2D eigenvalue weighted by molar-refractivity contribution is -0.104. The topological polar surface area (TPSA) is 20.3 Å². The molecule has 0 saturated heterocycles. The van der Waals surface area contributed by atoms with Crippen molar-refractivity contribution < 1.29 is 4.79 Å². The van der Waals surface area contributed by atoms with E-state index in [0.29, 0.717) is 5.92 Å². The third-order valence-electron chi connectivity index (χ3n) is 4.39. The third kappa shape index (κ3) is 2.69. The van der Waals surface area contributed by atoms with Crippen molar-refractivity contribution in [3.8, 4) is 0 Å². The van der Waals surface area contributed by atoms with Crippen LogP contribution in [0.2, 0.25) is 0 Å². The Hall–Kier alpha value is -2.35. The number of carbonyl (C=O) groups is 1. The van der Waals surface area contributed by atoms with Crippen LogP contribution in [0.1, 0.15) is 30.4 Å². The summed E-state index contributed by atoms with van der Waals surface area (Å²) in [6.07, 6.45) is 4.70. The van der Waals surface area contributed by atoms with Gasteiger partial charge in [-0.1, -0.05) is 48.5 Å². The minimum atomic E-state index is 0.307. The number of aryl methyl sites for hydroxylation is 1. The number of likely N-dealkylation sites (N-methyl/N-ethyl adjacent to an activating group) is 1. The Morgan fingerprint density at radius 1 is 1.05 bits per heavy atom. The number of hydrogen-bond acceptors (Lipinski definition) is 2. The Labute approximate surface area is 132 Å². The molecule has 1 unspecified atom stereocenters. The van der Waals surface area contributed by atoms with Crippen LogP contribution >= 0.6 is 0 Å². The van der Waals surface area contributed by atoms with Crippen molar-refractivity contribution in [3.05, 3.63) is 77.5 Å². The molecule has 0 radical (unpaired) electrons. The molecule has 0 aromatic heterocycles. The fourth-order valence-corrected chi connectivity index (χ4v) is 3.40. The SMILES string of the molecule is CCN1/C(=C\C=O)C(CCc2ccccc2)c2ccccc21. The Kier molecular flexibility index (Phi) is 4.38. The number of rotatable bonds is 5. The first-order valence-electron chi connectivity index (χ1n) is 7.91. The molecule has 0 N–H and O–H groups in total. The summed E-state index contributed by atoms with van der Waals surface area (Å²) >= 11 is 0. The fourth-order valence-electron chi connectivity index (χ4n) is 3.40. The average molecular weight is 291 g/mol. The van der Waals surface area contributed by atoms with Crippen LogP contribution in [0.15, 0.2) is 66.4 Å². The van der Waals surface area contributed by atoms with Gasteiger partial charge in [0.05, 0.1) is 0 Å². The van der Waals surface area contributed by atoms with Gasteiger partial charge in [-0.05, 0) is 43.0 Å². The summed E-state index contributed by atoms with van der Waals surface area (Å²) in [5.41, 5.74) is 5.07. The van der Waals surface area contributed by atoms with Crippen LogP contribution in [0, 0.1) is 0 Å². The first-order valence-corrected chi connectivity index (χ1v) is 7.91. The summed E-state index contributed by atoms with van der Waals surface area (Å²) < 4.78 is 0. The van der Waals surface area contributed by atoms with Crippen LogP contribution in [0.25, 0.3) is 0 Å². The second-order valence-electron chi connectivity index (χ2n) is 5.61. The number of anilines is 1. The quantitative estimate of drug-likeness (QED) is 0.604. The molecule has 3 rings (SSSR count). The van der Waals surface area contributed by atoms with E-state index in [2.05, 4.69) is 60.4 Å². The predicted molar refractivity (Wildman–Crippen MR) is 91.1 cm³/mol. The molecule has 2 nitrogen and oxygen atoms in total. The van der Waals surface area contributed by atoms with E-state index in [1.165, 1.54) is 16.8 Å². The van der Waals surface area contributed by atoms with Gasteiger partial charge in [-0.15, -0.1) is 0 Å². The lowest BCUT2D eigenvalue weighted by atomic mass is 9.91. The molecular weight excluding hydrogens is 270 g/mol. The highest BCUT2D eigenvalue weighted by Crippen LogP contribution is 2.45. The zero-order valence-corrected chi connectivity index (χ0v) is 12.9. The largest absolute Gasteiger partial charge is 0.344 e. The van der Waals surface area contributed by atoms with E-state index in [1.54, 1.807) is 6.08 Å². The molecule has 1 heterocycles. The van der Waals surface area contributed by atoms with Crippen molar-refractivity contribution in [2.45, 2.75) is 25.7 Å². The Bertz CT molecular complexity index is 675. The number of hydrogen-bond donors (Lipinski definition) is 0. The predicted octanol–water partition coefficient (Wildman–Crippen LogP) is 4.33. The molecule has 0 saturated carbocycles. The molecule has 22 heavy (non-hydrogen) atoms. The smallest absolute Gasteiger partial charge is 0.144 e. The van der Waals surface area contributed by atoms with Crippen molar-refractivity contribution in [2.24, 2.45) is 0 Å². The van der Waals surface area contributed by atoms with Crippen molar-refractivity contribution >= 4 is 12.0 Å².